The molecule has 156 valence electrons. The van der Waals surface area contributed by atoms with Crippen molar-refractivity contribution < 1.29 is 14.3 Å². The number of benzene rings is 1. The van der Waals surface area contributed by atoms with E-state index < -0.39 is 0 Å². The van der Waals surface area contributed by atoms with Crippen molar-refractivity contribution in [3.63, 3.8) is 0 Å². The second kappa shape index (κ2) is 9.05. The average Bonchev–Trinajstić information content (AvgIpc) is 3.42. The van der Waals surface area contributed by atoms with Gasteiger partial charge in [0.2, 0.25) is 0 Å². The summed E-state index contributed by atoms with van der Waals surface area (Å²) in [5, 5.41) is 5.31. The van der Waals surface area contributed by atoms with Crippen LogP contribution in [-0.4, -0.2) is 56.2 Å². The number of rotatable bonds is 6. The number of methoxy groups -OCH3 is 2. The van der Waals surface area contributed by atoms with E-state index in [1.165, 1.54) is 10.4 Å². The predicted octanol–water partition coefficient (Wildman–Crippen LogP) is 3.67. The van der Waals surface area contributed by atoms with Crippen molar-refractivity contribution in [2.24, 2.45) is 0 Å². The lowest BCUT2D eigenvalue weighted by Gasteiger charge is -2.29. The van der Waals surface area contributed by atoms with E-state index in [2.05, 4.69) is 21.7 Å². The van der Waals surface area contributed by atoms with E-state index in [0.717, 1.165) is 62.5 Å². The van der Waals surface area contributed by atoms with Gasteiger partial charge in [0.1, 0.15) is 11.5 Å². The first kappa shape index (κ1) is 20.0. The number of carbonyl (C=O) groups excluding carboxylic acids is 1. The van der Waals surface area contributed by atoms with Gasteiger partial charge in [-0.2, -0.15) is 0 Å². The third-order valence-corrected chi connectivity index (χ3v) is 6.92. The minimum absolute atomic E-state index is 0.00519. The Morgan fingerprint density at radius 3 is 2.97 bits per heavy atom. The van der Waals surface area contributed by atoms with Crippen molar-refractivity contribution >= 4 is 17.4 Å². The first-order valence-corrected chi connectivity index (χ1v) is 11.1. The van der Waals surface area contributed by atoms with Gasteiger partial charge in [0.25, 0.3) is 0 Å². The Bertz CT molecular complexity index is 854. The Balaban J connectivity index is 1.35. The summed E-state index contributed by atoms with van der Waals surface area (Å²) in [6.07, 6.45) is 3.04. The average molecular weight is 416 g/mol. The maximum atomic E-state index is 12.9. The highest BCUT2D eigenvalue weighted by atomic mass is 32.1. The summed E-state index contributed by atoms with van der Waals surface area (Å²) < 4.78 is 10.9. The molecule has 0 saturated carbocycles. The summed E-state index contributed by atoms with van der Waals surface area (Å²) >= 11 is 1.85. The fourth-order valence-electron chi connectivity index (χ4n) is 4.35. The summed E-state index contributed by atoms with van der Waals surface area (Å²) in [7, 11) is 3.33. The molecule has 2 aliphatic heterocycles. The number of nitrogens with zero attached hydrogens (tertiary/aromatic N) is 2. The molecule has 2 aromatic rings. The SMILES string of the molecule is COc1ccc(OC)c(C2CCCN2C(=O)NCCN2CCc3sccc3C2)c1. The Kier molecular flexibility index (Phi) is 6.25. The molecule has 6 nitrogen and oxygen atoms in total. The first-order chi connectivity index (χ1) is 14.2. The minimum Gasteiger partial charge on any atom is -0.497 e. The number of likely N-dealkylation sites (tertiary alicyclic amines) is 1. The van der Waals surface area contributed by atoms with E-state index in [0.29, 0.717) is 6.54 Å². The molecule has 0 aliphatic carbocycles. The van der Waals surface area contributed by atoms with Gasteiger partial charge < -0.3 is 19.7 Å². The maximum absolute atomic E-state index is 12.9. The zero-order valence-corrected chi connectivity index (χ0v) is 18.0. The number of ether oxygens (including phenoxy) is 2. The molecule has 4 rings (SSSR count). The molecule has 1 unspecified atom stereocenters. The highest BCUT2D eigenvalue weighted by Crippen LogP contribution is 2.38. The number of amides is 2. The molecule has 0 bridgehead atoms. The lowest BCUT2D eigenvalue weighted by Crippen LogP contribution is -2.43. The van der Waals surface area contributed by atoms with Crippen molar-refractivity contribution in [2.75, 3.05) is 40.4 Å². The second-order valence-corrected chi connectivity index (χ2v) is 8.59. The molecule has 3 heterocycles. The Morgan fingerprint density at radius 2 is 2.14 bits per heavy atom. The maximum Gasteiger partial charge on any atom is 0.317 e. The van der Waals surface area contributed by atoms with E-state index in [1.54, 1.807) is 14.2 Å². The number of urea groups is 1. The van der Waals surface area contributed by atoms with Crippen LogP contribution in [0.5, 0.6) is 11.5 Å². The third kappa shape index (κ3) is 4.36. The van der Waals surface area contributed by atoms with Gasteiger partial charge in [-0.15, -0.1) is 11.3 Å². The van der Waals surface area contributed by atoms with E-state index >= 15 is 0 Å². The van der Waals surface area contributed by atoms with Gasteiger partial charge in [0.15, 0.2) is 0 Å². The predicted molar refractivity (Wildman–Crippen MR) is 115 cm³/mol. The fourth-order valence-corrected chi connectivity index (χ4v) is 5.24. The van der Waals surface area contributed by atoms with Crippen LogP contribution in [0.1, 0.15) is 34.9 Å². The van der Waals surface area contributed by atoms with Gasteiger partial charge in [0, 0.05) is 43.2 Å². The van der Waals surface area contributed by atoms with Gasteiger partial charge in [-0.1, -0.05) is 0 Å². The van der Waals surface area contributed by atoms with Crippen LogP contribution in [0, 0.1) is 0 Å². The Labute approximate surface area is 176 Å². The highest BCUT2D eigenvalue weighted by molar-refractivity contribution is 7.10. The largest absolute Gasteiger partial charge is 0.497 e. The molecule has 1 aromatic carbocycles. The highest BCUT2D eigenvalue weighted by Gasteiger charge is 2.32. The van der Waals surface area contributed by atoms with Crippen LogP contribution in [-0.2, 0) is 13.0 Å². The monoisotopic (exact) mass is 415 g/mol. The number of fused-ring (bicyclic) bond motifs is 1. The van der Waals surface area contributed by atoms with Gasteiger partial charge in [-0.3, -0.25) is 4.90 Å². The van der Waals surface area contributed by atoms with Crippen LogP contribution in [0.15, 0.2) is 29.6 Å². The molecule has 0 spiro atoms. The second-order valence-electron chi connectivity index (χ2n) is 7.59. The molecule has 1 N–H and O–H groups in total. The number of hydrogen-bond donors (Lipinski definition) is 1. The standard InChI is InChI=1S/C22H29N3O3S/c1-27-17-5-6-20(28-2)18(14-17)19-4-3-10-25(19)22(26)23-9-12-24-11-7-21-16(15-24)8-13-29-21/h5-6,8,13-14,19H,3-4,7,9-12,15H2,1-2H3,(H,23,26). The summed E-state index contributed by atoms with van der Waals surface area (Å²) in [4.78, 5) is 18.8. The summed E-state index contributed by atoms with van der Waals surface area (Å²) in [6.45, 7) is 4.36. The zero-order valence-electron chi connectivity index (χ0n) is 17.1. The van der Waals surface area contributed by atoms with E-state index in [1.807, 2.05) is 34.4 Å². The number of thiophene rings is 1. The van der Waals surface area contributed by atoms with Crippen molar-refractivity contribution in [1.82, 2.24) is 15.1 Å². The lowest BCUT2D eigenvalue weighted by atomic mass is 10.0. The number of carbonyl (C=O) groups is 1. The summed E-state index contributed by atoms with van der Waals surface area (Å²) in [5.41, 5.74) is 2.46. The zero-order chi connectivity index (χ0) is 20.2. The molecule has 1 aromatic heterocycles. The van der Waals surface area contributed by atoms with Crippen molar-refractivity contribution in [2.45, 2.75) is 31.8 Å². The topological polar surface area (TPSA) is 54.0 Å². The normalized spacial score (nSPS) is 19.1. The number of nitrogens with one attached hydrogen (secondary N) is 1. The van der Waals surface area contributed by atoms with Crippen LogP contribution in [0.2, 0.25) is 0 Å². The summed E-state index contributed by atoms with van der Waals surface area (Å²) in [6, 6.07) is 8.04. The van der Waals surface area contributed by atoms with Gasteiger partial charge in [-0.25, -0.2) is 4.79 Å². The van der Waals surface area contributed by atoms with E-state index in [-0.39, 0.29) is 12.1 Å². The van der Waals surface area contributed by atoms with Gasteiger partial charge in [0.05, 0.1) is 20.3 Å². The third-order valence-electron chi connectivity index (χ3n) is 5.90. The number of hydrogen-bond acceptors (Lipinski definition) is 5. The molecule has 29 heavy (non-hydrogen) atoms. The Hall–Kier alpha value is -2.25. The minimum atomic E-state index is 0.00519. The van der Waals surface area contributed by atoms with Crippen molar-refractivity contribution in [3.8, 4) is 11.5 Å². The summed E-state index contributed by atoms with van der Waals surface area (Å²) in [5.74, 6) is 1.58. The molecule has 7 heteroatoms. The lowest BCUT2D eigenvalue weighted by molar-refractivity contribution is 0.188. The van der Waals surface area contributed by atoms with Crippen LogP contribution in [0.25, 0.3) is 0 Å². The molecule has 1 saturated heterocycles. The van der Waals surface area contributed by atoms with Crippen LogP contribution in [0.4, 0.5) is 4.79 Å². The van der Waals surface area contributed by atoms with E-state index in [9.17, 15) is 4.79 Å². The van der Waals surface area contributed by atoms with E-state index in [4.69, 9.17) is 9.47 Å². The first-order valence-electron chi connectivity index (χ1n) is 10.2. The molecule has 1 atom stereocenters. The molecule has 2 aliphatic rings. The molecule has 2 amide bonds. The molecular weight excluding hydrogens is 386 g/mol. The molecule has 1 fully saturated rings. The smallest absolute Gasteiger partial charge is 0.317 e. The molecular formula is C22H29N3O3S. The van der Waals surface area contributed by atoms with Crippen LogP contribution < -0.4 is 14.8 Å². The van der Waals surface area contributed by atoms with Gasteiger partial charge in [-0.05, 0) is 54.5 Å². The molecule has 0 radical (unpaired) electrons. The van der Waals surface area contributed by atoms with Crippen LogP contribution in [0.3, 0.4) is 0 Å². The Morgan fingerprint density at radius 1 is 1.24 bits per heavy atom. The van der Waals surface area contributed by atoms with Crippen molar-refractivity contribution in [3.05, 3.63) is 45.6 Å². The van der Waals surface area contributed by atoms with Gasteiger partial charge >= 0.3 is 6.03 Å². The quantitative estimate of drug-likeness (QED) is 0.782. The fraction of sp³-hybridized carbons (Fsp3) is 0.500. The van der Waals surface area contributed by atoms with Crippen molar-refractivity contribution in [1.29, 1.82) is 0 Å². The van der Waals surface area contributed by atoms with Crippen LogP contribution >= 0.6 is 11.3 Å².